The molecule has 1 amide bonds. The molecule has 0 atom stereocenters. The predicted octanol–water partition coefficient (Wildman–Crippen LogP) is 2.72. The van der Waals surface area contributed by atoms with Gasteiger partial charge in [0, 0.05) is 6.20 Å². The van der Waals surface area contributed by atoms with Crippen LogP contribution in [0, 0.1) is 5.82 Å². The molecule has 1 aromatic heterocycles. The molecular formula is C15H12F4N2O3. The van der Waals surface area contributed by atoms with Crippen LogP contribution in [0.4, 0.5) is 23.2 Å². The molecule has 0 fully saturated rings. The molecule has 24 heavy (non-hydrogen) atoms. The fourth-order valence-corrected chi connectivity index (χ4v) is 1.94. The van der Waals surface area contributed by atoms with Gasteiger partial charge in [-0.3, -0.25) is 9.59 Å². The van der Waals surface area contributed by atoms with Crippen LogP contribution in [0.3, 0.4) is 0 Å². The van der Waals surface area contributed by atoms with Gasteiger partial charge >= 0.3 is 6.18 Å². The van der Waals surface area contributed by atoms with Crippen molar-refractivity contribution < 1.29 is 27.1 Å². The molecule has 2 aromatic rings. The molecule has 0 radical (unpaired) electrons. The summed E-state index contributed by atoms with van der Waals surface area (Å²) in [6.45, 7) is 0. The summed E-state index contributed by atoms with van der Waals surface area (Å²) < 4.78 is 56.1. The van der Waals surface area contributed by atoms with Crippen molar-refractivity contribution >= 4 is 11.6 Å². The van der Waals surface area contributed by atoms with E-state index >= 15 is 0 Å². The highest BCUT2D eigenvalue weighted by molar-refractivity contribution is 5.92. The molecule has 0 aliphatic heterocycles. The Morgan fingerprint density at radius 2 is 2.00 bits per heavy atom. The maximum atomic E-state index is 13.5. The van der Waals surface area contributed by atoms with Gasteiger partial charge in [-0.15, -0.1) is 0 Å². The lowest BCUT2D eigenvalue weighted by Gasteiger charge is -2.09. The van der Waals surface area contributed by atoms with Crippen molar-refractivity contribution in [3.8, 4) is 5.75 Å². The molecule has 0 aliphatic carbocycles. The van der Waals surface area contributed by atoms with Crippen LogP contribution >= 0.6 is 0 Å². The molecule has 9 heteroatoms. The summed E-state index contributed by atoms with van der Waals surface area (Å²) in [6.07, 6.45) is -4.48. The standard InChI is InChI=1S/C15H12F4N2O3/c1-24-12-3-2-8(4-10(12)16)5-13(22)21-11-6-9(15(17,18)19)7-20-14(11)23/h2-4,6-7H,5H2,1H3,(H,20,23)(H,21,22). The summed E-state index contributed by atoms with van der Waals surface area (Å²) >= 11 is 0. The summed E-state index contributed by atoms with van der Waals surface area (Å²) in [5, 5.41) is 2.08. The Hall–Kier alpha value is -2.84. The van der Waals surface area contributed by atoms with Crippen LogP contribution in [0.2, 0.25) is 0 Å². The Morgan fingerprint density at radius 1 is 1.29 bits per heavy atom. The molecule has 0 saturated heterocycles. The number of benzene rings is 1. The highest BCUT2D eigenvalue weighted by Crippen LogP contribution is 2.29. The van der Waals surface area contributed by atoms with Crippen molar-refractivity contribution in [2.75, 3.05) is 12.4 Å². The highest BCUT2D eigenvalue weighted by atomic mass is 19.4. The molecule has 2 rings (SSSR count). The van der Waals surface area contributed by atoms with Crippen LogP contribution in [-0.2, 0) is 17.4 Å². The van der Waals surface area contributed by atoms with Gasteiger partial charge in [0.1, 0.15) is 5.69 Å². The number of pyridine rings is 1. The second-order valence-electron chi connectivity index (χ2n) is 4.82. The smallest absolute Gasteiger partial charge is 0.417 e. The van der Waals surface area contributed by atoms with Crippen molar-refractivity contribution in [1.29, 1.82) is 0 Å². The second kappa shape index (κ2) is 6.73. The van der Waals surface area contributed by atoms with Crippen LogP contribution in [0.25, 0.3) is 0 Å². The Balaban J connectivity index is 2.15. The lowest BCUT2D eigenvalue weighted by Crippen LogP contribution is -2.22. The molecule has 1 heterocycles. The van der Waals surface area contributed by atoms with E-state index in [9.17, 15) is 27.2 Å². The molecule has 0 bridgehead atoms. The number of alkyl halides is 3. The average Bonchev–Trinajstić information content (AvgIpc) is 2.48. The van der Waals surface area contributed by atoms with Gasteiger partial charge in [-0.2, -0.15) is 13.2 Å². The van der Waals surface area contributed by atoms with Gasteiger partial charge in [-0.25, -0.2) is 4.39 Å². The number of H-pyrrole nitrogens is 1. The summed E-state index contributed by atoms with van der Waals surface area (Å²) in [4.78, 5) is 25.3. The van der Waals surface area contributed by atoms with Crippen molar-refractivity contribution in [2.24, 2.45) is 0 Å². The van der Waals surface area contributed by atoms with E-state index in [2.05, 4.69) is 5.32 Å². The van der Waals surface area contributed by atoms with Crippen molar-refractivity contribution in [2.45, 2.75) is 12.6 Å². The van der Waals surface area contributed by atoms with E-state index in [0.29, 0.717) is 12.3 Å². The van der Waals surface area contributed by atoms with Gasteiger partial charge in [0.2, 0.25) is 5.91 Å². The molecule has 0 spiro atoms. The number of aromatic nitrogens is 1. The van der Waals surface area contributed by atoms with E-state index in [-0.39, 0.29) is 17.7 Å². The summed E-state index contributed by atoms with van der Waals surface area (Å²) in [5.74, 6) is -1.45. The first-order valence-corrected chi connectivity index (χ1v) is 6.63. The highest BCUT2D eigenvalue weighted by Gasteiger charge is 2.31. The lowest BCUT2D eigenvalue weighted by atomic mass is 10.1. The first-order chi connectivity index (χ1) is 11.2. The minimum absolute atomic E-state index is 0.00604. The van der Waals surface area contributed by atoms with Crippen molar-refractivity contribution in [3.05, 3.63) is 57.8 Å². The number of amides is 1. The first-order valence-electron chi connectivity index (χ1n) is 6.63. The normalized spacial score (nSPS) is 11.2. The van der Waals surface area contributed by atoms with Crippen LogP contribution in [0.5, 0.6) is 5.75 Å². The maximum Gasteiger partial charge on any atom is 0.417 e. The van der Waals surface area contributed by atoms with E-state index < -0.39 is 34.7 Å². The van der Waals surface area contributed by atoms with Crippen LogP contribution in [-0.4, -0.2) is 18.0 Å². The second-order valence-corrected chi connectivity index (χ2v) is 4.82. The maximum absolute atomic E-state index is 13.5. The topological polar surface area (TPSA) is 71.2 Å². The zero-order valence-corrected chi connectivity index (χ0v) is 12.3. The van der Waals surface area contributed by atoms with Crippen LogP contribution in [0.1, 0.15) is 11.1 Å². The van der Waals surface area contributed by atoms with Gasteiger partial charge in [-0.05, 0) is 23.8 Å². The molecule has 2 N–H and O–H groups in total. The molecule has 128 valence electrons. The quantitative estimate of drug-likeness (QED) is 0.838. The zero-order valence-electron chi connectivity index (χ0n) is 12.3. The van der Waals surface area contributed by atoms with Gasteiger partial charge < -0.3 is 15.0 Å². The Morgan fingerprint density at radius 3 is 2.58 bits per heavy atom. The molecule has 0 aliphatic rings. The molecule has 5 nitrogen and oxygen atoms in total. The average molecular weight is 344 g/mol. The summed E-state index contributed by atoms with van der Waals surface area (Å²) in [5.41, 5.74) is -2.25. The number of halogens is 4. The number of hydrogen-bond acceptors (Lipinski definition) is 3. The Bertz CT molecular complexity index is 815. The fraction of sp³-hybridized carbons (Fsp3) is 0.200. The fourth-order valence-electron chi connectivity index (χ4n) is 1.94. The van der Waals surface area contributed by atoms with Gasteiger partial charge in [0.25, 0.3) is 5.56 Å². The largest absolute Gasteiger partial charge is 0.494 e. The third-order valence-corrected chi connectivity index (χ3v) is 3.09. The van der Waals surface area contributed by atoms with E-state index in [1.165, 1.54) is 19.2 Å². The van der Waals surface area contributed by atoms with E-state index in [1.54, 1.807) is 0 Å². The third kappa shape index (κ3) is 4.12. The number of carbonyl (C=O) groups excluding carboxylic acids is 1. The van der Waals surface area contributed by atoms with E-state index in [1.807, 2.05) is 4.98 Å². The number of ether oxygens (including phenoxy) is 1. The Kier molecular flexibility index (Phi) is 4.91. The van der Waals surface area contributed by atoms with Crippen molar-refractivity contribution in [1.82, 2.24) is 4.98 Å². The lowest BCUT2D eigenvalue weighted by molar-refractivity contribution is -0.137. The monoisotopic (exact) mass is 344 g/mol. The molecule has 0 unspecified atom stereocenters. The predicted molar refractivity (Wildman–Crippen MR) is 77.4 cm³/mol. The van der Waals surface area contributed by atoms with E-state index in [0.717, 1.165) is 6.07 Å². The number of rotatable bonds is 4. The SMILES string of the molecule is COc1ccc(CC(=O)Nc2cc(C(F)(F)F)c[nH]c2=O)cc1F. The van der Waals surface area contributed by atoms with Gasteiger partial charge in [0.05, 0.1) is 19.1 Å². The third-order valence-electron chi connectivity index (χ3n) is 3.09. The summed E-state index contributed by atoms with van der Waals surface area (Å²) in [7, 11) is 1.28. The molecular weight excluding hydrogens is 332 g/mol. The van der Waals surface area contributed by atoms with Crippen LogP contribution in [0.15, 0.2) is 35.3 Å². The van der Waals surface area contributed by atoms with Gasteiger partial charge in [0.15, 0.2) is 11.6 Å². The number of nitrogens with one attached hydrogen (secondary N) is 2. The number of methoxy groups -OCH3 is 1. The summed E-state index contributed by atoms with van der Waals surface area (Å²) in [6, 6.07) is 4.34. The number of carbonyl (C=O) groups is 1. The number of anilines is 1. The Labute approximate surface area is 133 Å². The van der Waals surface area contributed by atoms with E-state index in [4.69, 9.17) is 4.74 Å². The van der Waals surface area contributed by atoms with Gasteiger partial charge in [-0.1, -0.05) is 6.07 Å². The van der Waals surface area contributed by atoms with Crippen molar-refractivity contribution in [3.63, 3.8) is 0 Å². The minimum atomic E-state index is -4.66. The molecule has 1 aromatic carbocycles. The number of aromatic amines is 1. The number of hydrogen-bond donors (Lipinski definition) is 2. The molecule has 0 saturated carbocycles. The zero-order chi connectivity index (χ0) is 17.9. The first kappa shape index (κ1) is 17.5. The van der Waals surface area contributed by atoms with Crippen LogP contribution < -0.4 is 15.6 Å². The minimum Gasteiger partial charge on any atom is -0.494 e.